The number of carboxylic acids is 1. The van der Waals surface area contributed by atoms with Crippen molar-refractivity contribution in [1.29, 1.82) is 0 Å². The second kappa shape index (κ2) is 5.64. The first-order valence-corrected chi connectivity index (χ1v) is 5.40. The lowest BCUT2D eigenvalue weighted by Gasteiger charge is -2.02. The molecule has 0 aromatic heterocycles. The van der Waals surface area contributed by atoms with Crippen molar-refractivity contribution in [3.63, 3.8) is 0 Å². The minimum Gasteiger partial charge on any atom is -0.478 e. The molecule has 0 radical (unpaired) electrons. The van der Waals surface area contributed by atoms with Gasteiger partial charge in [0.15, 0.2) is 0 Å². The third kappa shape index (κ3) is 3.65. The molecule has 1 N–H and O–H groups in total. The number of rotatable bonds is 3. The van der Waals surface area contributed by atoms with Gasteiger partial charge in [-0.1, -0.05) is 0 Å². The first-order valence-electron chi connectivity index (χ1n) is 4.33. The summed E-state index contributed by atoms with van der Waals surface area (Å²) >= 11 is 2.05. The Labute approximate surface area is 106 Å². The molecule has 1 rings (SSSR count). The standard InChI is InChI=1S/C11H9IO4/c1-16-11(15)8-4-7(2-3-10(13)14)5-9(12)6-8/h2-6H,1H3,(H,13,14). The summed E-state index contributed by atoms with van der Waals surface area (Å²) in [6, 6.07) is 5.02. The molecule has 0 bridgehead atoms. The number of hydrogen-bond acceptors (Lipinski definition) is 3. The van der Waals surface area contributed by atoms with Crippen molar-refractivity contribution in [2.24, 2.45) is 0 Å². The minimum atomic E-state index is -1.03. The number of carbonyl (C=O) groups is 2. The molecular weight excluding hydrogens is 323 g/mol. The zero-order valence-corrected chi connectivity index (χ0v) is 10.6. The van der Waals surface area contributed by atoms with Crippen molar-refractivity contribution in [3.05, 3.63) is 39.0 Å². The fourth-order valence-corrected chi connectivity index (χ4v) is 1.81. The highest BCUT2D eigenvalue weighted by Crippen LogP contribution is 2.14. The molecule has 0 aliphatic carbocycles. The zero-order chi connectivity index (χ0) is 12.1. The van der Waals surface area contributed by atoms with Gasteiger partial charge in [0.1, 0.15) is 0 Å². The van der Waals surface area contributed by atoms with Crippen molar-refractivity contribution >= 4 is 40.6 Å². The van der Waals surface area contributed by atoms with Gasteiger partial charge in [-0.2, -0.15) is 0 Å². The summed E-state index contributed by atoms with van der Waals surface area (Å²) in [4.78, 5) is 21.6. The number of benzene rings is 1. The van der Waals surface area contributed by atoms with Crippen LogP contribution in [-0.2, 0) is 9.53 Å². The molecule has 4 nitrogen and oxygen atoms in total. The van der Waals surface area contributed by atoms with Gasteiger partial charge in [-0.05, 0) is 52.4 Å². The third-order valence-corrected chi connectivity index (χ3v) is 2.38. The van der Waals surface area contributed by atoms with E-state index in [0.717, 1.165) is 9.65 Å². The predicted octanol–water partition coefficient (Wildman–Crippen LogP) is 2.18. The molecule has 0 amide bonds. The minimum absolute atomic E-state index is 0.402. The van der Waals surface area contributed by atoms with Crippen LogP contribution in [0.25, 0.3) is 6.08 Å². The molecule has 0 heterocycles. The van der Waals surface area contributed by atoms with Crippen LogP contribution in [-0.4, -0.2) is 24.2 Å². The SMILES string of the molecule is COC(=O)c1cc(I)cc(C=CC(=O)O)c1. The van der Waals surface area contributed by atoms with Crippen LogP contribution in [0.5, 0.6) is 0 Å². The van der Waals surface area contributed by atoms with E-state index in [-0.39, 0.29) is 0 Å². The van der Waals surface area contributed by atoms with Gasteiger partial charge in [0.05, 0.1) is 12.7 Å². The van der Waals surface area contributed by atoms with E-state index in [1.807, 2.05) is 22.6 Å². The molecule has 0 atom stereocenters. The smallest absolute Gasteiger partial charge is 0.337 e. The average Bonchev–Trinajstić information content (AvgIpc) is 2.24. The summed E-state index contributed by atoms with van der Waals surface area (Å²) < 4.78 is 5.43. The van der Waals surface area contributed by atoms with Gasteiger partial charge in [-0.3, -0.25) is 0 Å². The number of halogens is 1. The van der Waals surface area contributed by atoms with Crippen LogP contribution in [0.1, 0.15) is 15.9 Å². The van der Waals surface area contributed by atoms with Gasteiger partial charge in [-0.15, -0.1) is 0 Å². The second-order valence-electron chi connectivity index (χ2n) is 2.94. The zero-order valence-electron chi connectivity index (χ0n) is 8.44. The topological polar surface area (TPSA) is 63.6 Å². The van der Waals surface area contributed by atoms with E-state index in [0.29, 0.717) is 11.1 Å². The molecule has 0 aliphatic heterocycles. The largest absolute Gasteiger partial charge is 0.478 e. The van der Waals surface area contributed by atoms with Gasteiger partial charge < -0.3 is 9.84 Å². The lowest BCUT2D eigenvalue weighted by Crippen LogP contribution is -2.01. The van der Waals surface area contributed by atoms with Crippen LogP contribution in [0.4, 0.5) is 0 Å². The number of methoxy groups -OCH3 is 1. The summed E-state index contributed by atoms with van der Waals surface area (Å²) in [6.45, 7) is 0. The van der Waals surface area contributed by atoms with Crippen molar-refractivity contribution in [3.8, 4) is 0 Å². The Morgan fingerprint density at radius 1 is 1.38 bits per heavy atom. The first-order chi connectivity index (χ1) is 7.52. The molecule has 0 saturated heterocycles. The number of ether oxygens (including phenoxy) is 1. The van der Waals surface area contributed by atoms with Crippen molar-refractivity contribution < 1.29 is 19.4 Å². The lowest BCUT2D eigenvalue weighted by molar-refractivity contribution is -0.131. The Balaban J connectivity index is 3.08. The summed E-state index contributed by atoms with van der Waals surface area (Å²) in [7, 11) is 1.30. The van der Waals surface area contributed by atoms with Gasteiger partial charge in [0, 0.05) is 9.65 Å². The highest BCUT2D eigenvalue weighted by Gasteiger charge is 2.06. The molecule has 1 aromatic rings. The van der Waals surface area contributed by atoms with Crippen LogP contribution in [0.15, 0.2) is 24.3 Å². The summed E-state index contributed by atoms with van der Waals surface area (Å²) in [5.74, 6) is -1.47. The maximum atomic E-state index is 11.3. The Kier molecular flexibility index (Phi) is 4.48. The molecule has 0 aliphatic rings. The van der Waals surface area contributed by atoms with Crippen molar-refractivity contribution in [2.75, 3.05) is 7.11 Å². The summed E-state index contributed by atoms with van der Waals surface area (Å²) in [5, 5.41) is 8.49. The third-order valence-electron chi connectivity index (χ3n) is 1.76. The van der Waals surface area contributed by atoms with E-state index in [2.05, 4.69) is 4.74 Å². The van der Waals surface area contributed by atoms with Gasteiger partial charge in [0.2, 0.25) is 0 Å². The van der Waals surface area contributed by atoms with Crippen LogP contribution < -0.4 is 0 Å². The number of carboxylic acid groups (broad SMARTS) is 1. The van der Waals surface area contributed by atoms with Crippen LogP contribution in [0.3, 0.4) is 0 Å². The molecule has 0 fully saturated rings. The monoisotopic (exact) mass is 332 g/mol. The van der Waals surface area contributed by atoms with Gasteiger partial charge in [-0.25, -0.2) is 9.59 Å². The molecule has 1 aromatic carbocycles. The molecule has 16 heavy (non-hydrogen) atoms. The Hall–Kier alpha value is -1.37. The molecule has 84 valence electrons. The number of esters is 1. The highest BCUT2D eigenvalue weighted by molar-refractivity contribution is 14.1. The van der Waals surface area contributed by atoms with Gasteiger partial charge >= 0.3 is 11.9 Å². The summed E-state index contributed by atoms with van der Waals surface area (Å²) in [5.41, 5.74) is 1.05. The molecule has 0 unspecified atom stereocenters. The maximum Gasteiger partial charge on any atom is 0.337 e. The maximum absolute atomic E-state index is 11.3. The Morgan fingerprint density at radius 2 is 2.06 bits per heavy atom. The molecule has 0 spiro atoms. The lowest BCUT2D eigenvalue weighted by atomic mass is 10.1. The number of aliphatic carboxylic acids is 1. The Bertz CT molecular complexity index is 451. The van der Waals surface area contributed by atoms with Crippen LogP contribution in [0, 0.1) is 3.57 Å². The second-order valence-corrected chi connectivity index (χ2v) is 4.18. The van der Waals surface area contributed by atoms with Crippen molar-refractivity contribution in [1.82, 2.24) is 0 Å². The van der Waals surface area contributed by atoms with E-state index < -0.39 is 11.9 Å². The Morgan fingerprint density at radius 3 is 2.62 bits per heavy atom. The number of carbonyl (C=O) groups excluding carboxylic acids is 1. The van der Waals surface area contributed by atoms with E-state index >= 15 is 0 Å². The molecule has 5 heteroatoms. The van der Waals surface area contributed by atoms with E-state index in [1.54, 1.807) is 18.2 Å². The fraction of sp³-hybridized carbons (Fsp3) is 0.0909. The molecule has 0 saturated carbocycles. The average molecular weight is 332 g/mol. The highest BCUT2D eigenvalue weighted by atomic mass is 127. The molecular formula is C11H9IO4. The van der Waals surface area contributed by atoms with E-state index in [9.17, 15) is 9.59 Å². The summed E-state index contributed by atoms with van der Waals surface area (Å²) in [6.07, 6.45) is 2.45. The van der Waals surface area contributed by atoms with Crippen LogP contribution >= 0.6 is 22.6 Å². The number of hydrogen-bond donors (Lipinski definition) is 1. The first kappa shape index (κ1) is 12.7. The predicted molar refractivity (Wildman–Crippen MR) is 67.2 cm³/mol. The van der Waals surface area contributed by atoms with Gasteiger partial charge in [0.25, 0.3) is 0 Å². The van der Waals surface area contributed by atoms with E-state index in [4.69, 9.17) is 5.11 Å². The fourth-order valence-electron chi connectivity index (χ4n) is 1.11. The van der Waals surface area contributed by atoms with E-state index in [1.165, 1.54) is 13.2 Å². The van der Waals surface area contributed by atoms with Crippen LogP contribution in [0.2, 0.25) is 0 Å². The quantitative estimate of drug-likeness (QED) is 0.524. The van der Waals surface area contributed by atoms with Crippen molar-refractivity contribution in [2.45, 2.75) is 0 Å². The normalized spacial score (nSPS) is 10.4.